The van der Waals surface area contributed by atoms with E-state index >= 15 is 0 Å². The van der Waals surface area contributed by atoms with Gasteiger partial charge in [0.2, 0.25) is 5.91 Å². The summed E-state index contributed by atoms with van der Waals surface area (Å²) in [6.07, 6.45) is 2.56. The zero-order valence-electron chi connectivity index (χ0n) is 17.9. The maximum atomic E-state index is 13.0. The average molecular weight is 425 g/mol. The van der Waals surface area contributed by atoms with Crippen molar-refractivity contribution >= 4 is 28.4 Å². The Morgan fingerprint density at radius 3 is 2.73 bits per heavy atom. The Balaban J connectivity index is 1.43. The summed E-state index contributed by atoms with van der Waals surface area (Å²) < 4.78 is 0. The van der Waals surface area contributed by atoms with Crippen LogP contribution in [-0.2, 0) is 16.6 Å². The lowest BCUT2D eigenvalue weighted by Gasteiger charge is -2.25. The second kappa shape index (κ2) is 8.05. The highest BCUT2D eigenvalue weighted by Crippen LogP contribution is 2.59. The molecule has 6 heteroatoms. The molecule has 1 aliphatic rings. The number of aromatic nitrogens is 2. The lowest BCUT2D eigenvalue weighted by Crippen LogP contribution is -2.42. The van der Waals surface area contributed by atoms with Crippen molar-refractivity contribution in [1.82, 2.24) is 20.4 Å². The molecule has 1 amide bonds. The van der Waals surface area contributed by atoms with Crippen LogP contribution in [0.3, 0.4) is 0 Å². The summed E-state index contributed by atoms with van der Waals surface area (Å²) >= 11 is 6.50. The second-order valence-corrected chi connectivity index (χ2v) is 9.29. The van der Waals surface area contributed by atoms with E-state index in [-0.39, 0.29) is 23.3 Å². The van der Waals surface area contributed by atoms with Crippen molar-refractivity contribution in [2.24, 2.45) is 11.8 Å². The number of carbonyl (C=O) groups is 1. The predicted molar refractivity (Wildman–Crippen MR) is 122 cm³/mol. The molecule has 3 aromatic rings. The standard InChI is InChI=1S/C24H29ClN4O/c1-15-22(24(15,2)18-8-6-5-7-9-18)23(30)26-14-19(29(3)4)11-16-10-17-13-27-28-21(17)12-20(16)25/h5-10,12-13,15,19,22H,11,14H2,1-4H3,(H,26,30)(H,27,28)/t15?,19-,22?,24-/m0/s1. The SMILES string of the molecule is CC1C(C(=O)NC[C@H](Cc2cc3cn[nH]c3cc2Cl)N(C)C)[C@]1(C)c1ccccc1. The normalized spacial score (nSPS) is 24.2. The van der Waals surface area contributed by atoms with Gasteiger partial charge in [0.1, 0.15) is 0 Å². The Kier molecular flexibility index (Phi) is 5.60. The molecule has 0 radical (unpaired) electrons. The third-order valence-corrected chi connectivity index (χ3v) is 7.32. The molecule has 2 N–H and O–H groups in total. The average Bonchev–Trinajstić information content (AvgIpc) is 3.05. The fourth-order valence-corrected chi connectivity index (χ4v) is 4.90. The summed E-state index contributed by atoms with van der Waals surface area (Å²) in [6, 6.07) is 14.5. The van der Waals surface area contributed by atoms with Gasteiger partial charge in [-0.3, -0.25) is 9.89 Å². The topological polar surface area (TPSA) is 61.0 Å². The molecule has 1 saturated carbocycles. The number of hydrogen-bond donors (Lipinski definition) is 2. The summed E-state index contributed by atoms with van der Waals surface area (Å²) in [5, 5.41) is 12.0. The lowest BCUT2D eigenvalue weighted by atomic mass is 9.94. The first kappa shape index (κ1) is 20.9. The van der Waals surface area contributed by atoms with Gasteiger partial charge in [-0.1, -0.05) is 55.8 Å². The van der Waals surface area contributed by atoms with Crippen LogP contribution in [-0.4, -0.2) is 47.7 Å². The van der Waals surface area contributed by atoms with Crippen LogP contribution in [0.4, 0.5) is 0 Å². The quantitative estimate of drug-likeness (QED) is 0.602. The third-order valence-electron chi connectivity index (χ3n) is 6.97. The zero-order valence-corrected chi connectivity index (χ0v) is 18.7. The molecule has 0 saturated heterocycles. The minimum absolute atomic E-state index is 0.00795. The number of hydrogen-bond acceptors (Lipinski definition) is 3. The molecule has 1 aromatic heterocycles. The molecule has 0 spiro atoms. The molecule has 2 unspecified atom stereocenters. The van der Waals surface area contributed by atoms with E-state index in [0.717, 1.165) is 27.9 Å². The van der Waals surface area contributed by atoms with Gasteiger partial charge in [-0.2, -0.15) is 5.10 Å². The zero-order chi connectivity index (χ0) is 21.5. The fourth-order valence-electron chi connectivity index (χ4n) is 4.65. The van der Waals surface area contributed by atoms with Crippen LogP contribution in [0.2, 0.25) is 5.02 Å². The van der Waals surface area contributed by atoms with Crippen LogP contribution in [0.15, 0.2) is 48.7 Å². The van der Waals surface area contributed by atoms with Crippen LogP contribution < -0.4 is 5.32 Å². The van der Waals surface area contributed by atoms with E-state index in [1.807, 2.05) is 38.4 Å². The van der Waals surface area contributed by atoms with Crippen molar-refractivity contribution in [3.8, 4) is 0 Å². The molecule has 0 bridgehead atoms. The van der Waals surface area contributed by atoms with Gasteiger partial charge < -0.3 is 10.2 Å². The van der Waals surface area contributed by atoms with Crippen LogP contribution in [0.1, 0.15) is 25.0 Å². The smallest absolute Gasteiger partial charge is 0.224 e. The number of carbonyl (C=O) groups excluding carboxylic acids is 1. The van der Waals surface area contributed by atoms with Crippen LogP contribution in [0.5, 0.6) is 0 Å². The number of halogens is 1. The minimum Gasteiger partial charge on any atom is -0.354 e. The molecule has 30 heavy (non-hydrogen) atoms. The molecule has 2 aromatic carbocycles. The third kappa shape index (κ3) is 3.72. The molecule has 1 fully saturated rings. The molecule has 5 nitrogen and oxygen atoms in total. The molecule has 1 aliphatic carbocycles. The van der Waals surface area contributed by atoms with Crippen molar-refractivity contribution in [2.45, 2.75) is 31.7 Å². The second-order valence-electron chi connectivity index (χ2n) is 8.88. The Bertz CT molecular complexity index is 1050. The van der Waals surface area contributed by atoms with Crippen molar-refractivity contribution < 1.29 is 4.79 Å². The maximum absolute atomic E-state index is 13.0. The molecule has 4 atom stereocenters. The first-order valence-corrected chi connectivity index (χ1v) is 10.8. The van der Waals surface area contributed by atoms with Gasteiger partial charge in [0.25, 0.3) is 0 Å². The minimum atomic E-state index is -0.0887. The summed E-state index contributed by atoms with van der Waals surface area (Å²) in [6.45, 7) is 4.95. The van der Waals surface area contributed by atoms with Crippen molar-refractivity contribution in [3.05, 3.63) is 64.8 Å². The van der Waals surface area contributed by atoms with E-state index in [2.05, 4.69) is 52.5 Å². The molecular formula is C24H29ClN4O. The van der Waals surface area contributed by atoms with Gasteiger partial charge in [-0.25, -0.2) is 0 Å². The van der Waals surface area contributed by atoms with E-state index < -0.39 is 0 Å². The number of likely N-dealkylation sites (N-methyl/N-ethyl adjacent to an activating group) is 1. The van der Waals surface area contributed by atoms with Gasteiger partial charge in [-0.15, -0.1) is 0 Å². The summed E-state index contributed by atoms with van der Waals surface area (Å²) in [5.41, 5.74) is 3.14. The number of amides is 1. The number of fused-ring (bicyclic) bond motifs is 1. The summed E-state index contributed by atoms with van der Waals surface area (Å²) in [4.78, 5) is 15.2. The van der Waals surface area contributed by atoms with Crippen LogP contribution >= 0.6 is 11.6 Å². The van der Waals surface area contributed by atoms with Crippen LogP contribution in [0.25, 0.3) is 10.9 Å². The van der Waals surface area contributed by atoms with Crippen molar-refractivity contribution in [2.75, 3.05) is 20.6 Å². The first-order chi connectivity index (χ1) is 14.3. The highest BCUT2D eigenvalue weighted by atomic mass is 35.5. The number of rotatable bonds is 7. The van der Waals surface area contributed by atoms with Gasteiger partial charge in [0.15, 0.2) is 0 Å². The molecular weight excluding hydrogens is 396 g/mol. The molecule has 1 heterocycles. The van der Waals surface area contributed by atoms with E-state index in [1.165, 1.54) is 5.56 Å². The largest absolute Gasteiger partial charge is 0.354 e. The Labute approximate surface area is 182 Å². The Hall–Kier alpha value is -2.37. The molecule has 4 rings (SSSR count). The fraction of sp³-hybridized carbons (Fsp3) is 0.417. The monoisotopic (exact) mass is 424 g/mol. The van der Waals surface area contributed by atoms with E-state index in [1.54, 1.807) is 6.20 Å². The number of aromatic amines is 1. The van der Waals surface area contributed by atoms with Crippen molar-refractivity contribution in [1.29, 1.82) is 0 Å². The van der Waals surface area contributed by atoms with Crippen molar-refractivity contribution in [3.63, 3.8) is 0 Å². The number of nitrogens with one attached hydrogen (secondary N) is 2. The Morgan fingerprint density at radius 2 is 2.03 bits per heavy atom. The van der Waals surface area contributed by atoms with E-state index in [0.29, 0.717) is 12.5 Å². The first-order valence-electron chi connectivity index (χ1n) is 10.4. The highest BCUT2D eigenvalue weighted by Gasteiger charge is 2.62. The highest BCUT2D eigenvalue weighted by molar-refractivity contribution is 6.32. The number of nitrogens with zero attached hydrogens (tertiary/aromatic N) is 2. The van der Waals surface area contributed by atoms with Gasteiger partial charge in [0.05, 0.1) is 17.6 Å². The predicted octanol–water partition coefficient (Wildman–Crippen LogP) is 4.03. The Morgan fingerprint density at radius 1 is 1.30 bits per heavy atom. The summed E-state index contributed by atoms with van der Waals surface area (Å²) in [7, 11) is 4.07. The molecule has 0 aliphatic heterocycles. The lowest BCUT2D eigenvalue weighted by molar-refractivity contribution is -0.123. The van der Waals surface area contributed by atoms with Gasteiger partial charge >= 0.3 is 0 Å². The van der Waals surface area contributed by atoms with Gasteiger partial charge in [-0.05, 0) is 49.7 Å². The van der Waals surface area contributed by atoms with E-state index in [4.69, 9.17) is 11.6 Å². The van der Waals surface area contributed by atoms with Gasteiger partial charge in [0, 0.05) is 28.4 Å². The number of H-pyrrole nitrogens is 1. The maximum Gasteiger partial charge on any atom is 0.224 e. The van der Waals surface area contributed by atoms with E-state index in [9.17, 15) is 4.79 Å². The van der Waals surface area contributed by atoms with Crippen LogP contribution in [0, 0.1) is 11.8 Å². The summed E-state index contributed by atoms with van der Waals surface area (Å²) in [5.74, 6) is 0.473. The number of benzene rings is 2. The molecule has 158 valence electrons.